The highest BCUT2D eigenvalue weighted by Gasteiger charge is 2.10. The van der Waals surface area contributed by atoms with Crippen molar-refractivity contribution in [3.63, 3.8) is 0 Å². The van der Waals surface area contributed by atoms with Crippen LogP contribution >= 0.6 is 22.9 Å². The molecule has 2 aromatic rings. The molecule has 0 spiro atoms. The zero-order chi connectivity index (χ0) is 13.3. The molecule has 0 atom stereocenters. The first kappa shape index (κ1) is 13.1. The van der Waals surface area contributed by atoms with Crippen LogP contribution in [0.4, 0.5) is 10.8 Å². The van der Waals surface area contributed by atoms with E-state index >= 15 is 0 Å². The topological polar surface area (TPSA) is 85.1 Å². The SMILES string of the molecule is CS(=O)(=O)Nc1ccc(-c2nc(N)sc2Cl)cc1. The van der Waals surface area contributed by atoms with Gasteiger partial charge in [-0.25, -0.2) is 13.4 Å². The van der Waals surface area contributed by atoms with Crippen LogP contribution in [0.3, 0.4) is 0 Å². The van der Waals surface area contributed by atoms with Crippen LogP contribution in [0.5, 0.6) is 0 Å². The number of nitrogen functional groups attached to an aromatic ring is 1. The molecule has 0 saturated heterocycles. The van der Waals surface area contributed by atoms with Gasteiger partial charge in [-0.2, -0.15) is 0 Å². The van der Waals surface area contributed by atoms with Crippen molar-refractivity contribution in [2.45, 2.75) is 0 Å². The lowest BCUT2D eigenvalue weighted by Gasteiger charge is -2.04. The van der Waals surface area contributed by atoms with E-state index in [2.05, 4.69) is 9.71 Å². The summed E-state index contributed by atoms with van der Waals surface area (Å²) in [5, 5.41) is 0.397. The maximum Gasteiger partial charge on any atom is 0.229 e. The number of sulfonamides is 1. The van der Waals surface area contributed by atoms with Crippen molar-refractivity contribution < 1.29 is 8.42 Å². The van der Waals surface area contributed by atoms with Crippen LogP contribution in [0.1, 0.15) is 0 Å². The van der Waals surface area contributed by atoms with Gasteiger partial charge in [0, 0.05) is 11.3 Å². The van der Waals surface area contributed by atoms with E-state index in [0.29, 0.717) is 20.8 Å². The summed E-state index contributed by atoms with van der Waals surface area (Å²) in [5.41, 5.74) is 7.43. The van der Waals surface area contributed by atoms with E-state index in [1.165, 1.54) is 11.3 Å². The van der Waals surface area contributed by atoms with Gasteiger partial charge in [0.1, 0.15) is 10.0 Å². The molecule has 0 unspecified atom stereocenters. The molecule has 0 fully saturated rings. The Kier molecular flexibility index (Phi) is 3.47. The van der Waals surface area contributed by atoms with Crippen molar-refractivity contribution in [3.8, 4) is 11.3 Å². The van der Waals surface area contributed by atoms with E-state index in [9.17, 15) is 8.42 Å². The van der Waals surface area contributed by atoms with Gasteiger partial charge in [0.15, 0.2) is 5.13 Å². The Balaban J connectivity index is 2.30. The predicted molar refractivity (Wildman–Crippen MR) is 75.4 cm³/mol. The first-order valence-corrected chi connectivity index (χ1v) is 7.94. The quantitative estimate of drug-likeness (QED) is 0.912. The van der Waals surface area contributed by atoms with Gasteiger partial charge < -0.3 is 5.73 Å². The molecule has 96 valence electrons. The number of aromatic nitrogens is 1. The number of halogens is 1. The highest BCUT2D eigenvalue weighted by atomic mass is 35.5. The number of nitrogens with zero attached hydrogens (tertiary/aromatic N) is 1. The van der Waals surface area contributed by atoms with Gasteiger partial charge in [0.05, 0.1) is 6.26 Å². The third-order valence-electron chi connectivity index (χ3n) is 2.06. The van der Waals surface area contributed by atoms with Crippen LogP contribution in [0, 0.1) is 0 Å². The van der Waals surface area contributed by atoms with Gasteiger partial charge in [-0.3, -0.25) is 4.72 Å². The maximum absolute atomic E-state index is 11.1. The van der Waals surface area contributed by atoms with Crippen molar-refractivity contribution in [2.75, 3.05) is 16.7 Å². The van der Waals surface area contributed by atoms with Crippen LogP contribution in [-0.4, -0.2) is 19.7 Å². The minimum Gasteiger partial charge on any atom is -0.375 e. The van der Waals surface area contributed by atoms with Crippen molar-refractivity contribution in [1.29, 1.82) is 0 Å². The summed E-state index contributed by atoms with van der Waals surface area (Å²) >= 11 is 7.19. The summed E-state index contributed by atoms with van der Waals surface area (Å²) in [6.07, 6.45) is 1.10. The summed E-state index contributed by atoms with van der Waals surface area (Å²) in [4.78, 5) is 4.11. The van der Waals surface area contributed by atoms with E-state index in [-0.39, 0.29) is 0 Å². The van der Waals surface area contributed by atoms with Crippen LogP contribution < -0.4 is 10.5 Å². The fraction of sp³-hybridized carbons (Fsp3) is 0.100. The first-order chi connectivity index (χ1) is 8.35. The number of rotatable bonds is 3. The standard InChI is InChI=1S/C10H10ClN3O2S2/c1-18(15,16)14-7-4-2-6(3-5-7)8-9(11)17-10(12)13-8/h2-5,14H,1H3,(H2,12,13). The largest absolute Gasteiger partial charge is 0.375 e. The maximum atomic E-state index is 11.1. The molecule has 3 N–H and O–H groups in total. The molecule has 1 aromatic heterocycles. The molecule has 8 heteroatoms. The second-order valence-corrected chi connectivity index (χ2v) is 7.01. The Morgan fingerprint density at radius 3 is 2.39 bits per heavy atom. The lowest BCUT2D eigenvalue weighted by Crippen LogP contribution is -2.09. The van der Waals surface area contributed by atoms with Crippen LogP contribution in [0.25, 0.3) is 11.3 Å². The van der Waals surface area contributed by atoms with E-state index < -0.39 is 10.0 Å². The molecule has 2 rings (SSSR count). The molecule has 0 aliphatic heterocycles. The van der Waals surface area contributed by atoms with Gasteiger partial charge in [0.2, 0.25) is 10.0 Å². The van der Waals surface area contributed by atoms with Crippen LogP contribution in [0.15, 0.2) is 24.3 Å². The monoisotopic (exact) mass is 303 g/mol. The molecule has 18 heavy (non-hydrogen) atoms. The molecule has 0 bridgehead atoms. The molecule has 0 saturated carbocycles. The number of hydrogen-bond donors (Lipinski definition) is 2. The normalized spacial score (nSPS) is 11.4. The van der Waals surface area contributed by atoms with E-state index in [4.69, 9.17) is 17.3 Å². The second kappa shape index (κ2) is 4.75. The average molecular weight is 304 g/mol. The average Bonchev–Trinajstić information content (AvgIpc) is 2.57. The lowest BCUT2D eigenvalue weighted by atomic mass is 10.1. The third-order valence-corrected chi connectivity index (χ3v) is 3.75. The zero-order valence-corrected chi connectivity index (χ0v) is 11.7. The second-order valence-electron chi connectivity index (χ2n) is 3.63. The number of thiazole rings is 1. The van der Waals surface area contributed by atoms with E-state index in [0.717, 1.165) is 11.8 Å². The van der Waals surface area contributed by atoms with Gasteiger partial charge in [-0.1, -0.05) is 35.1 Å². The van der Waals surface area contributed by atoms with Crippen molar-refractivity contribution in [2.24, 2.45) is 0 Å². The molecule has 0 radical (unpaired) electrons. The Morgan fingerprint density at radius 2 is 1.94 bits per heavy atom. The Bertz CT molecular complexity index is 665. The molecule has 5 nitrogen and oxygen atoms in total. The van der Waals surface area contributed by atoms with Crippen LogP contribution in [-0.2, 0) is 10.0 Å². The number of anilines is 2. The number of nitrogens with one attached hydrogen (secondary N) is 1. The molecule has 0 amide bonds. The van der Waals surface area contributed by atoms with Gasteiger partial charge >= 0.3 is 0 Å². The van der Waals surface area contributed by atoms with Crippen molar-refractivity contribution in [1.82, 2.24) is 4.98 Å². The highest BCUT2D eigenvalue weighted by molar-refractivity contribution is 7.92. The fourth-order valence-corrected chi connectivity index (χ4v) is 2.94. The molecule has 0 aliphatic rings. The molecular formula is C10H10ClN3O2S2. The van der Waals surface area contributed by atoms with Crippen molar-refractivity contribution >= 4 is 43.8 Å². The first-order valence-electron chi connectivity index (χ1n) is 4.85. The van der Waals surface area contributed by atoms with E-state index in [1.54, 1.807) is 24.3 Å². The number of benzene rings is 1. The zero-order valence-electron chi connectivity index (χ0n) is 9.34. The van der Waals surface area contributed by atoms with Gasteiger partial charge in [-0.05, 0) is 12.1 Å². The summed E-state index contributed by atoms with van der Waals surface area (Å²) in [6.45, 7) is 0. The lowest BCUT2D eigenvalue weighted by molar-refractivity contribution is 0.607. The summed E-state index contributed by atoms with van der Waals surface area (Å²) in [7, 11) is -3.27. The van der Waals surface area contributed by atoms with Gasteiger partial charge in [-0.15, -0.1) is 0 Å². The minimum atomic E-state index is -3.27. The number of hydrogen-bond acceptors (Lipinski definition) is 5. The summed E-state index contributed by atoms with van der Waals surface area (Å²) in [5.74, 6) is 0. The Labute approximate surface area is 114 Å². The van der Waals surface area contributed by atoms with Crippen LogP contribution in [0.2, 0.25) is 4.34 Å². The molecule has 1 heterocycles. The highest BCUT2D eigenvalue weighted by Crippen LogP contribution is 2.34. The molecule has 0 aliphatic carbocycles. The summed E-state index contributed by atoms with van der Waals surface area (Å²) in [6, 6.07) is 6.74. The molecule has 1 aromatic carbocycles. The number of nitrogens with two attached hydrogens (primary N) is 1. The minimum absolute atomic E-state index is 0.397. The Morgan fingerprint density at radius 1 is 1.33 bits per heavy atom. The summed E-state index contributed by atoms with van der Waals surface area (Å²) < 4.78 is 25.0. The van der Waals surface area contributed by atoms with Gasteiger partial charge in [0.25, 0.3) is 0 Å². The predicted octanol–water partition coefficient (Wildman–Crippen LogP) is 2.42. The fourth-order valence-electron chi connectivity index (χ4n) is 1.41. The smallest absolute Gasteiger partial charge is 0.229 e. The van der Waals surface area contributed by atoms with Crippen molar-refractivity contribution in [3.05, 3.63) is 28.6 Å². The van der Waals surface area contributed by atoms with E-state index in [1.807, 2.05) is 0 Å². The molecular weight excluding hydrogens is 294 g/mol. The third kappa shape index (κ3) is 3.12. The Hall–Kier alpha value is -1.31.